The van der Waals surface area contributed by atoms with Crippen LogP contribution >= 0.6 is 0 Å². The van der Waals surface area contributed by atoms with Crippen molar-refractivity contribution in [1.82, 2.24) is 19.3 Å². The predicted octanol–water partition coefficient (Wildman–Crippen LogP) is 1.87. The highest BCUT2D eigenvalue weighted by molar-refractivity contribution is 6.06. The van der Waals surface area contributed by atoms with Crippen LogP contribution in [0.4, 0.5) is 5.69 Å². The third kappa shape index (κ3) is 2.56. The Hall–Kier alpha value is -3.09. The van der Waals surface area contributed by atoms with Crippen molar-refractivity contribution < 1.29 is 9.53 Å². The minimum Gasteiger partial charge on any atom is -0.481 e. The maximum Gasteiger partial charge on any atom is 0.261 e. The lowest BCUT2D eigenvalue weighted by Gasteiger charge is -2.08. The summed E-state index contributed by atoms with van der Waals surface area (Å²) in [4.78, 5) is 16.5. The summed E-state index contributed by atoms with van der Waals surface area (Å²) in [6, 6.07) is 7.20. The number of anilines is 1. The van der Waals surface area contributed by atoms with Crippen molar-refractivity contribution in [3.05, 3.63) is 54.6 Å². The molecule has 0 saturated carbocycles. The number of nitrogens with zero attached hydrogens (tertiary/aromatic N) is 4. The lowest BCUT2D eigenvalue weighted by atomic mass is 10.3. The highest BCUT2D eigenvalue weighted by Gasteiger charge is 2.17. The van der Waals surface area contributed by atoms with Crippen LogP contribution in [0.5, 0.6) is 5.88 Å². The minimum atomic E-state index is -0.247. The molecule has 0 atom stereocenters. The Bertz CT molecular complexity index is 775. The van der Waals surface area contributed by atoms with Crippen LogP contribution in [0.25, 0.3) is 5.82 Å². The summed E-state index contributed by atoms with van der Waals surface area (Å²) in [6.45, 7) is 0. The molecular weight excluding hydrogens is 282 g/mol. The quantitative estimate of drug-likeness (QED) is 0.797. The van der Waals surface area contributed by atoms with Crippen LogP contribution in [0.3, 0.4) is 0 Å². The van der Waals surface area contributed by atoms with E-state index in [0.29, 0.717) is 22.9 Å². The van der Waals surface area contributed by atoms with Crippen molar-refractivity contribution in [3.8, 4) is 11.7 Å². The normalized spacial score (nSPS) is 10.5. The van der Waals surface area contributed by atoms with Crippen molar-refractivity contribution in [1.29, 1.82) is 0 Å². The number of methoxy groups -OCH3 is 1. The molecule has 3 heterocycles. The number of carbonyl (C=O) groups excluding carboxylic acids is 1. The second-order valence-electron chi connectivity index (χ2n) is 4.64. The van der Waals surface area contributed by atoms with Crippen molar-refractivity contribution in [2.75, 3.05) is 12.4 Å². The second kappa shape index (κ2) is 5.72. The topological polar surface area (TPSA) is 74.0 Å². The van der Waals surface area contributed by atoms with E-state index in [1.807, 2.05) is 29.1 Å². The molecule has 0 fully saturated rings. The van der Waals surface area contributed by atoms with Crippen LogP contribution in [-0.2, 0) is 7.05 Å². The van der Waals surface area contributed by atoms with E-state index >= 15 is 0 Å². The zero-order valence-corrected chi connectivity index (χ0v) is 12.2. The third-order valence-electron chi connectivity index (χ3n) is 3.20. The maximum absolute atomic E-state index is 12.5. The molecule has 3 aromatic heterocycles. The Morgan fingerprint density at radius 1 is 1.23 bits per heavy atom. The van der Waals surface area contributed by atoms with Crippen molar-refractivity contribution in [2.45, 2.75) is 0 Å². The number of amides is 1. The highest BCUT2D eigenvalue weighted by Crippen LogP contribution is 2.17. The molecule has 0 aliphatic rings. The van der Waals surface area contributed by atoms with Gasteiger partial charge in [-0.25, -0.2) is 4.98 Å². The van der Waals surface area contributed by atoms with Crippen molar-refractivity contribution >= 4 is 11.6 Å². The fraction of sp³-hybridized carbons (Fsp3) is 0.133. The molecule has 0 aliphatic heterocycles. The molecule has 1 N–H and O–H groups in total. The second-order valence-corrected chi connectivity index (χ2v) is 4.64. The van der Waals surface area contributed by atoms with E-state index in [1.165, 1.54) is 0 Å². The van der Waals surface area contributed by atoms with Gasteiger partial charge in [-0.2, -0.15) is 5.10 Å². The molecule has 112 valence electrons. The summed E-state index contributed by atoms with van der Waals surface area (Å²) >= 11 is 0. The molecule has 0 unspecified atom stereocenters. The summed E-state index contributed by atoms with van der Waals surface area (Å²) in [5.41, 5.74) is 1.07. The molecule has 0 spiro atoms. The summed E-state index contributed by atoms with van der Waals surface area (Å²) in [5, 5.41) is 6.96. The number of rotatable bonds is 4. The van der Waals surface area contributed by atoms with Crippen molar-refractivity contribution in [3.63, 3.8) is 0 Å². The first-order valence-corrected chi connectivity index (χ1v) is 6.66. The third-order valence-corrected chi connectivity index (χ3v) is 3.20. The van der Waals surface area contributed by atoms with Gasteiger partial charge in [0.25, 0.3) is 5.91 Å². The smallest absolute Gasteiger partial charge is 0.261 e. The van der Waals surface area contributed by atoms with E-state index in [0.717, 1.165) is 0 Å². The van der Waals surface area contributed by atoms with E-state index in [9.17, 15) is 4.79 Å². The lowest BCUT2D eigenvalue weighted by Crippen LogP contribution is -2.15. The van der Waals surface area contributed by atoms with E-state index in [2.05, 4.69) is 15.4 Å². The Balaban J connectivity index is 1.86. The Morgan fingerprint density at radius 2 is 2.00 bits per heavy atom. The standard InChI is InChI=1S/C15H15N5O2/c1-19-15(20-7-3-4-8-20)12(10-17-19)14(21)18-11-5-6-13(22-2)16-9-11/h3-10H,1-2H3,(H,18,21). The number of aromatic nitrogens is 4. The molecule has 0 bridgehead atoms. The largest absolute Gasteiger partial charge is 0.481 e. The summed E-state index contributed by atoms with van der Waals surface area (Å²) in [7, 11) is 3.33. The van der Waals surface area contributed by atoms with Gasteiger partial charge in [0.1, 0.15) is 11.4 Å². The SMILES string of the molecule is COc1ccc(NC(=O)c2cnn(C)c2-n2cccc2)cn1. The van der Waals surface area contributed by atoms with Gasteiger partial charge >= 0.3 is 0 Å². The lowest BCUT2D eigenvalue weighted by molar-refractivity contribution is 0.102. The fourth-order valence-electron chi connectivity index (χ4n) is 2.15. The molecule has 7 nitrogen and oxygen atoms in total. The van der Waals surface area contributed by atoms with Crippen molar-refractivity contribution in [2.24, 2.45) is 7.05 Å². The first-order chi connectivity index (χ1) is 10.7. The van der Waals surface area contributed by atoms with E-state index in [4.69, 9.17) is 4.74 Å². The monoisotopic (exact) mass is 297 g/mol. The van der Waals surface area contributed by atoms with E-state index in [-0.39, 0.29) is 5.91 Å². The van der Waals surface area contributed by atoms with Gasteiger partial charge in [0, 0.05) is 25.5 Å². The van der Waals surface area contributed by atoms with Crippen LogP contribution in [0.2, 0.25) is 0 Å². The minimum absolute atomic E-state index is 0.247. The van der Waals surface area contributed by atoms with Gasteiger partial charge in [-0.1, -0.05) is 0 Å². The highest BCUT2D eigenvalue weighted by atomic mass is 16.5. The van der Waals surface area contributed by atoms with Crippen LogP contribution < -0.4 is 10.1 Å². The maximum atomic E-state index is 12.5. The molecule has 0 radical (unpaired) electrons. The average Bonchev–Trinajstić information content (AvgIpc) is 3.17. The van der Waals surface area contributed by atoms with Gasteiger partial charge in [0.15, 0.2) is 0 Å². The number of hydrogen-bond acceptors (Lipinski definition) is 4. The molecule has 1 amide bonds. The van der Waals surface area contributed by atoms with Gasteiger partial charge in [-0.3, -0.25) is 9.48 Å². The molecule has 22 heavy (non-hydrogen) atoms. The summed E-state index contributed by atoms with van der Waals surface area (Å²) in [5.74, 6) is 0.945. The predicted molar refractivity (Wildman–Crippen MR) is 81.3 cm³/mol. The average molecular weight is 297 g/mol. The summed E-state index contributed by atoms with van der Waals surface area (Å²) in [6.07, 6.45) is 6.81. The number of aryl methyl sites for hydroxylation is 1. The molecule has 0 aliphatic carbocycles. The van der Waals surface area contributed by atoms with Crippen LogP contribution in [0, 0.1) is 0 Å². The van der Waals surface area contributed by atoms with Gasteiger partial charge in [0.2, 0.25) is 5.88 Å². The van der Waals surface area contributed by atoms with Gasteiger partial charge < -0.3 is 14.6 Å². The van der Waals surface area contributed by atoms with Gasteiger partial charge in [-0.05, 0) is 18.2 Å². The molecule has 3 rings (SSSR count). The molecule has 0 aromatic carbocycles. The zero-order valence-electron chi connectivity index (χ0n) is 12.2. The number of ether oxygens (including phenoxy) is 1. The Morgan fingerprint density at radius 3 is 2.64 bits per heavy atom. The number of hydrogen-bond donors (Lipinski definition) is 1. The summed E-state index contributed by atoms with van der Waals surface area (Å²) < 4.78 is 8.49. The first kappa shape index (κ1) is 13.9. The number of carbonyl (C=O) groups is 1. The van der Waals surface area contributed by atoms with Gasteiger partial charge in [0.05, 0.1) is 25.2 Å². The fourth-order valence-corrected chi connectivity index (χ4v) is 2.15. The molecular formula is C15H15N5O2. The Kier molecular flexibility index (Phi) is 3.61. The van der Waals surface area contributed by atoms with Crippen LogP contribution in [0.1, 0.15) is 10.4 Å². The first-order valence-electron chi connectivity index (χ1n) is 6.66. The van der Waals surface area contributed by atoms with Crippen LogP contribution in [0.15, 0.2) is 49.1 Å². The molecule has 0 saturated heterocycles. The van der Waals surface area contributed by atoms with Crippen LogP contribution in [-0.4, -0.2) is 32.3 Å². The number of pyridine rings is 1. The van der Waals surface area contributed by atoms with E-state index in [1.54, 1.807) is 43.4 Å². The van der Waals surface area contributed by atoms with Gasteiger partial charge in [-0.15, -0.1) is 0 Å². The van der Waals surface area contributed by atoms with E-state index < -0.39 is 0 Å². The molecule has 7 heteroatoms. The zero-order chi connectivity index (χ0) is 15.5. The molecule has 3 aromatic rings. The number of nitrogens with one attached hydrogen (secondary N) is 1. The Labute approximate surface area is 127 Å².